The Morgan fingerprint density at radius 2 is 1.94 bits per heavy atom. The van der Waals surface area contributed by atoms with Crippen LogP contribution in [0.15, 0.2) is 35.3 Å². The summed E-state index contributed by atoms with van der Waals surface area (Å²) >= 11 is 0. The van der Waals surface area contributed by atoms with Crippen molar-refractivity contribution in [2.24, 2.45) is 4.99 Å². The average molecular weight is 233 g/mol. The van der Waals surface area contributed by atoms with Crippen molar-refractivity contribution in [3.63, 3.8) is 0 Å². The Kier molecular flexibility index (Phi) is 6.15. The molecule has 0 heterocycles. The fourth-order valence-corrected chi connectivity index (χ4v) is 1.41. The molecule has 0 amide bonds. The first-order valence-electron chi connectivity index (χ1n) is 6.35. The van der Waals surface area contributed by atoms with Crippen molar-refractivity contribution in [2.45, 2.75) is 39.8 Å². The molecule has 2 N–H and O–H groups in total. The standard InChI is InChI=1S/C14H23N3/c1-4-12(3)17-14(15-5-2)16-11-13-9-7-6-8-10-13/h6-10,12H,4-5,11H2,1-3H3,(H2,15,16,17). The fraction of sp³-hybridized carbons (Fsp3) is 0.500. The zero-order valence-electron chi connectivity index (χ0n) is 11.0. The summed E-state index contributed by atoms with van der Waals surface area (Å²) in [6.07, 6.45) is 1.09. The maximum atomic E-state index is 4.57. The second-order valence-electron chi connectivity index (χ2n) is 4.13. The average Bonchev–Trinajstić information content (AvgIpc) is 2.37. The van der Waals surface area contributed by atoms with E-state index in [9.17, 15) is 0 Å². The smallest absolute Gasteiger partial charge is 0.191 e. The van der Waals surface area contributed by atoms with Crippen molar-refractivity contribution in [3.05, 3.63) is 35.9 Å². The van der Waals surface area contributed by atoms with Crippen molar-refractivity contribution < 1.29 is 0 Å². The molecule has 0 aliphatic rings. The first-order valence-corrected chi connectivity index (χ1v) is 6.35. The van der Waals surface area contributed by atoms with Gasteiger partial charge in [-0.05, 0) is 25.8 Å². The van der Waals surface area contributed by atoms with E-state index < -0.39 is 0 Å². The van der Waals surface area contributed by atoms with Gasteiger partial charge in [0.15, 0.2) is 5.96 Å². The number of benzene rings is 1. The second-order valence-corrected chi connectivity index (χ2v) is 4.13. The molecule has 1 rings (SSSR count). The zero-order valence-corrected chi connectivity index (χ0v) is 11.0. The van der Waals surface area contributed by atoms with Crippen LogP contribution in [0.2, 0.25) is 0 Å². The lowest BCUT2D eigenvalue weighted by Crippen LogP contribution is -2.41. The van der Waals surface area contributed by atoms with Gasteiger partial charge in [0.05, 0.1) is 6.54 Å². The molecule has 1 aromatic rings. The third kappa shape index (κ3) is 5.38. The first-order chi connectivity index (χ1) is 8.26. The predicted octanol–water partition coefficient (Wildman–Crippen LogP) is 2.54. The molecular formula is C14H23N3. The van der Waals surface area contributed by atoms with E-state index in [4.69, 9.17) is 0 Å². The number of rotatable bonds is 5. The van der Waals surface area contributed by atoms with Crippen molar-refractivity contribution in [3.8, 4) is 0 Å². The highest BCUT2D eigenvalue weighted by atomic mass is 15.2. The van der Waals surface area contributed by atoms with Crippen LogP contribution in [0.25, 0.3) is 0 Å². The number of nitrogens with zero attached hydrogens (tertiary/aromatic N) is 1. The maximum Gasteiger partial charge on any atom is 0.191 e. The quantitative estimate of drug-likeness (QED) is 0.605. The van der Waals surface area contributed by atoms with E-state index in [-0.39, 0.29) is 0 Å². The van der Waals surface area contributed by atoms with E-state index in [1.807, 2.05) is 18.2 Å². The van der Waals surface area contributed by atoms with Crippen LogP contribution in [0.4, 0.5) is 0 Å². The molecule has 0 aliphatic heterocycles. The maximum absolute atomic E-state index is 4.57. The lowest BCUT2D eigenvalue weighted by molar-refractivity contribution is 0.624. The van der Waals surface area contributed by atoms with Gasteiger partial charge in [-0.15, -0.1) is 0 Å². The minimum Gasteiger partial charge on any atom is -0.357 e. The fourth-order valence-electron chi connectivity index (χ4n) is 1.41. The van der Waals surface area contributed by atoms with Gasteiger partial charge in [-0.2, -0.15) is 0 Å². The highest BCUT2D eigenvalue weighted by molar-refractivity contribution is 5.80. The van der Waals surface area contributed by atoms with Gasteiger partial charge in [0.2, 0.25) is 0 Å². The Bertz CT molecular complexity index is 333. The molecular weight excluding hydrogens is 210 g/mol. The van der Waals surface area contributed by atoms with Gasteiger partial charge < -0.3 is 10.6 Å². The van der Waals surface area contributed by atoms with Gasteiger partial charge in [0.25, 0.3) is 0 Å². The Hall–Kier alpha value is -1.51. The number of hydrogen-bond donors (Lipinski definition) is 2. The third-order valence-corrected chi connectivity index (χ3v) is 2.60. The number of nitrogens with one attached hydrogen (secondary N) is 2. The van der Waals surface area contributed by atoms with Crippen LogP contribution < -0.4 is 10.6 Å². The van der Waals surface area contributed by atoms with E-state index in [1.54, 1.807) is 0 Å². The molecule has 0 aromatic heterocycles. The van der Waals surface area contributed by atoms with Crippen molar-refractivity contribution in [1.82, 2.24) is 10.6 Å². The highest BCUT2D eigenvalue weighted by Gasteiger charge is 2.01. The number of aliphatic imine (C=N–C) groups is 1. The van der Waals surface area contributed by atoms with Crippen LogP contribution in [-0.4, -0.2) is 18.5 Å². The van der Waals surface area contributed by atoms with Gasteiger partial charge >= 0.3 is 0 Å². The summed E-state index contributed by atoms with van der Waals surface area (Å²) in [5.74, 6) is 0.894. The number of guanidine groups is 1. The molecule has 0 bridgehead atoms. The first kappa shape index (κ1) is 13.6. The van der Waals surface area contributed by atoms with Crippen molar-refractivity contribution in [2.75, 3.05) is 6.54 Å². The largest absolute Gasteiger partial charge is 0.357 e. The highest BCUT2D eigenvalue weighted by Crippen LogP contribution is 2.00. The van der Waals surface area contributed by atoms with E-state index in [0.29, 0.717) is 12.6 Å². The van der Waals surface area contributed by atoms with E-state index >= 15 is 0 Å². The van der Waals surface area contributed by atoms with Crippen LogP contribution in [-0.2, 0) is 6.54 Å². The topological polar surface area (TPSA) is 36.4 Å². The van der Waals surface area contributed by atoms with Crippen LogP contribution >= 0.6 is 0 Å². The molecule has 0 spiro atoms. The van der Waals surface area contributed by atoms with Crippen LogP contribution in [0.3, 0.4) is 0 Å². The van der Waals surface area contributed by atoms with Gasteiger partial charge in [-0.3, -0.25) is 0 Å². The summed E-state index contributed by atoms with van der Waals surface area (Å²) in [5, 5.41) is 6.63. The lowest BCUT2D eigenvalue weighted by Gasteiger charge is -2.16. The van der Waals surface area contributed by atoms with Gasteiger partial charge in [0, 0.05) is 12.6 Å². The Labute approximate surface area is 104 Å². The van der Waals surface area contributed by atoms with E-state index in [0.717, 1.165) is 18.9 Å². The molecule has 3 nitrogen and oxygen atoms in total. The molecule has 3 heteroatoms. The molecule has 1 unspecified atom stereocenters. The van der Waals surface area contributed by atoms with Gasteiger partial charge in [0.1, 0.15) is 0 Å². The molecule has 1 atom stereocenters. The minimum atomic E-state index is 0.448. The monoisotopic (exact) mass is 233 g/mol. The molecule has 0 radical (unpaired) electrons. The van der Waals surface area contributed by atoms with E-state index in [2.05, 4.69) is 48.5 Å². The van der Waals surface area contributed by atoms with Crippen molar-refractivity contribution in [1.29, 1.82) is 0 Å². The molecule has 0 saturated heterocycles. The molecule has 0 saturated carbocycles. The minimum absolute atomic E-state index is 0.448. The summed E-state index contributed by atoms with van der Waals surface area (Å²) in [6.45, 7) is 8.01. The Balaban J connectivity index is 2.57. The summed E-state index contributed by atoms with van der Waals surface area (Å²) in [6, 6.07) is 10.7. The van der Waals surface area contributed by atoms with Crippen LogP contribution in [0.5, 0.6) is 0 Å². The third-order valence-electron chi connectivity index (χ3n) is 2.60. The summed E-state index contributed by atoms with van der Waals surface area (Å²) in [7, 11) is 0. The molecule has 1 aromatic carbocycles. The van der Waals surface area contributed by atoms with E-state index in [1.165, 1.54) is 5.56 Å². The molecule has 0 aliphatic carbocycles. The second kappa shape index (κ2) is 7.71. The zero-order chi connectivity index (χ0) is 12.5. The predicted molar refractivity (Wildman–Crippen MR) is 74.1 cm³/mol. The van der Waals surface area contributed by atoms with Crippen molar-refractivity contribution >= 4 is 5.96 Å². The molecule has 94 valence electrons. The Morgan fingerprint density at radius 1 is 1.24 bits per heavy atom. The molecule has 17 heavy (non-hydrogen) atoms. The molecule has 0 fully saturated rings. The SMILES string of the molecule is CCNC(=NCc1ccccc1)NC(C)CC. The van der Waals surface area contributed by atoms with Gasteiger partial charge in [-0.1, -0.05) is 37.3 Å². The van der Waals surface area contributed by atoms with Gasteiger partial charge in [-0.25, -0.2) is 4.99 Å². The summed E-state index contributed by atoms with van der Waals surface area (Å²) < 4.78 is 0. The normalized spacial score (nSPS) is 13.2. The lowest BCUT2D eigenvalue weighted by atomic mass is 10.2. The summed E-state index contributed by atoms with van der Waals surface area (Å²) in [4.78, 5) is 4.57. The summed E-state index contributed by atoms with van der Waals surface area (Å²) in [5.41, 5.74) is 1.23. The Morgan fingerprint density at radius 3 is 2.53 bits per heavy atom. The van der Waals surface area contributed by atoms with Crippen LogP contribution in [0.1, 0.15) is 32.8 Å². The van der Waals surface area contributed by atoms with Crippen LogP contribution in [0, 0.1) is 0 Å². The number of hydrogen-bond acceptors (Lipinski definition) is 1.